The average Bonchev–Trinajstić information content (AvgIpc) is 3.15. The lowest BCUT2D eigenvalue weighted by Crippen LogP contribution is -2.35. The second kappa shape index (κ2) is 7.23. The molecule has 0 radical (unpaired) electrons. The highest BCUT2D eigenvalue weighted by Gasteiger charge is 2.29. The van der Waals surface area contributed by atoms with Crippen molar-refractivity contribution in [2.75, 3.05) is 32.7 Å². The summed E-state index contributed by atoms with van der Waals surface area (Å²) in [6.45, 7) is 6.24. The molecule has 116 valence electrons. The van der Waals surface area contributed by atoms with Crippen LogP contribution in [0.25, 0.3) is 0 Å². The first-order valence-electron chi connectivity index (χ1n) is 8.20. The molecule has 0 saturated carbocycles. The molecule has 1 aromatic carbocycles. The van der Waals surface area contributed by atoms with Crippen LogP contribution >= 0.6 is 15.9 Å². The van der Waals surface area contributed by atoms with Gasteiger partial charge in [0.1, 0.15) is 0 Å². The van der Waals surface area contributed by atoms with Gasteiger partial charge < -0.3 is 10.6 Å². The van der Waals surface area contributed by atoms with Crippen LogP contribution in [0.4, 0.5) is 0 Å². The van der Waals surface area contributed by atoms with E-state index in [4.69, 9.17) is 5.73 Å². The molecule has 2 fully saturated rings. The van der Waals surface area contributed by atoms with E-state index in [0.717, 1.165) is 23.5 Å². The van der Waals surface area contributed by atoms with Gasteiger partial charge in [0.25, 0.3) is 0 Å². The molecule has 0 amide bonds. The molecule has 4 heteroatoms. The van der Waals surface area contributed by atoms with Gasteiger partial charge in [0.05, 0.1) is 0 Å². The Bertz CT molecular complexity index is 459. The fourth-order valence-electron chi connectivity index (χ4n) is 3.65. The van der Waals surface area contributed by atoms with Crippen LogP contribution in [-0.4, -0.2) is 48.6 Å². The second-order valence-corrected chi connectivity index (χ2v) is 7.35. The van der Waals surface area contributed by atoms with E-state index in [0.29, 0.717) is 0 Å². The lowest BCUT2D eigenvalue weighted by Gasteiger charge is -2.24. The topological polar surface area (TPSA) is 32.5 Å². The fraction of sp³-hybridized carbons (Fsp3) is 0.647. The van der Waals surface area contributed by atoms with Crippen LogP contribution < -0.4 is 5.73 Å². The van der Waals surface area contributed by atoms with Gasteiger partial charge in [-0.2, -0.15) is 0 Å². The Morgan fingerprint density at radius 1 is 1.24 bits per heavy atom. The number of hydrogen-bond acceptors (Lipinski definition) is 3. The highest BCUT2D eigenvalue weighted by molar-refractivity contribution is 9.10. The number of likely N-dealkylation sites (tertiary alicyclic amines) is 2. The maximum atomic E-state index is 6.34. The van der Waals surface area contributed by atoms with Crippen molar-refractivity contribution in [1.82, 2.24) is 9.80 Å². The van der Waals surface area contributed by atoms with Gasteiger partial charge >= 0.3 is 0 Å². The molecule has 0 aromatic heterocycles. The van der Waals surface area contributed by atoms with Crippen molar-refractivity contribution in [3.8, 4) is 0 Å². The molecule has 2 saturated heterocycles. The lowest BCUT2D eigenvalue weighted by molar-refractivity contribution is 0.230. The predicted molar refractivity (Wildman–Crippen MR) is 91.3 cm³/mol. The number of halogens is 1. The van der Waals surface area contributed by atoms with Crippen LogP contribution in [0.3, 0.4) is 0 Å². The summed E-state index contributed by atoms with van der Waals surface area (Å²) in [5.74, 6) is 0. The second-order valence-electron chi connectivity index (χ2n) is 6.44. The summed E-state index contributed by atoms with van der Waals surface area (Å²) < 4.78 is 1.12. The zero-order valence-corrected chi connectivity index (χ0v) is 14.3. The molecule has 0 aliphatic carbocycles. The van der Waals surface area contributed by atoms with E-state index in [1.54, 1.807) is 0 Å². The molecule has 21 heavy (non-hydrogen) atoms. The summed E-state index contributed by atoms with van der Waals surface area (Å²) in [6, 6.07) is 9.34. The Morgan fingerprint density at radius 2 is 2.05 bits per heavy atom. The van der Waals surface area contributed by atoms with Crippen LogP contribution in [0.5, 0.6) is 0 Å². The first-order valence-corrected chi connectivity index (χ1v) is 8.99. The molecule has 3 nitrogen and oxygen atoms in total. The van der Waals surface area contributed by atoms with Gasteiger partial charge in [-0.3, -0.25) is 4.90 Å². The van der Waals surface area contributed by atoms with Crippen molar-refractivity contribution in [2.45, 2.75) is 37.8 Å². The molecule has 1 aromatic rings. The third kappa shape index (κ3) is 4.07. The van der Waals surface area contributed by atoms with E-state index in [2.05, 4.69) is 50.0 Å². The quantitative estimate of drug-likeness (QED) is 0.884. The molecule has 0 bridgehead atoms. The fourth-order valence-corrected chi connectivity index (χ4v) is 4.06. The molecular weight excluding hydrogens is 326 g/mol. The van der Waals surface area contributed by atoms with E-state index in [1.165, 1.54) is 51.0 Å². The Labute approximate surface area is 136 Å². The molecule has 2 aliphatic rings. The number of hydrogen-bond donors (Lipinski definition) is 1. The molecule has 2 unspecified atom stereocenters. The third-order valence-corrected chi connectivity index (χ3v) is 5.43. The van der Waals surface area contributed by atoms with Crippen molar-refractivity contribution >= 4 is 15.9 Å². The molecular formula is C17H26BrN3. The Morgan fingerprint density at radius 3 is 2.81 bits per heavy atom. The highest BCUT2D eigenvalue weighted by atomic mass is 79.9. The minimum absolute atomic E-state index is 0.147. The van der Waals surface area contributed by atoms with Gasteiger partial charge in [-0.25, -0.2) is 0 Å². The first kappa shape index (κ1) is 15.5. The van der Waals surface area contributed by atoms with Crippen molar-refractivity contribution in [1.29, 1.82) is 0 Å². The SMILES string of the molecule is NC(CCN1CCC(N2CCCC2)C1)c1cccc(Br)c1. The standard InChI is InChI=1S/C17H26BrN3/c18-15-5-3-4-14(12-15)17(19)7-11-20-10-6-16(13-20)21-8-1-2-9-21/h3-5,12,16-17H,1-2,6-11,13,19H2. The normalized spacial score (nSPS) is 25.5. The summed E-state index contributed by atoms with van der Waals surface area (Å²) in [7, 11) is 0. The Balaban J connectivity index is 1.45. The van der Waals surface area contributed by atoms with Gasteiger partial charge in [-0.1, -0.05) is 28.1 Å². The van der Waals surface area contributed by atoms with Crippen molar-refractivity contribution in [3.05, 3.63) is 34.3 Å². The minimum Gasteiger partial charge on any atom is -0.324 e. The molecule has 2 atom stereocenters. The van der Waals surface area contributed by atoms with E-state index >= 15 is 0 Å². The zero-order chi connectivity index (χ0) is 14.7. The highest BCUT2D eigenvalue weighted by Crippen LogP contribution is 2.23. The average molecular weight is 352 g/mol. The van der Waals surface area contributed by atoms with Crippen LogP contribution in [0, 0.1) is 0 Å². The summed E-state index contributed by atoms with van der Waals surface area (Å²) in [5, 5.41) is 0. The molecule has 0 spiro atoms. The molecule has 2 aliphatic heterocycles. The van der Waals surface area contributed by atoms with Crippen molar-refractivity contribution in [2.24, 2.45) is 5.73 Å². The lowest BCUT2D eigenvalue weighted by atomic mass is 10.0. The van der Waals surface area contributed by atoms with Gasteiger partial charge in [-0.05, 0) is 63.0 Å². The maximum Gasteiger partial charge on any atom is 0.0307 e. The van der Waals surface area contributed by atoms with E-state index in [-0.39, 0.29) is 6.04 Å². The Kier molecular flexibility index (Phi) is 5.33. The maximum absolute atomic E-state index is 6.34. The van der Waals surface area contributed by atoms with E-state index in [1.807, 2.05) is 0 Å². The van der Waals surface area contributed by atoms with Crippen LogP contribution in [0.1, 0.15) is 37.3 Å². The van der Waals surface area contributed by atoms with Crippen molar-refractivity contribution < 1.29 is 0 Å². The van der Waals surface area contributed by atoms with E-state index < -0.39 is 0 Å². The summed E-state index contributed by atoms with van der Waals surface area (Å²) in [5.41, 5.74) is 7.58. The van der Waals surface area contributed by atoms with Gasteiger partial charge in [-0.15, -0.1) is 0 Å². The minimum atomic E-state index is 0.147. The third-order valence-electron chi connectivity index (χ3n) is 4.94. The first-order chi connectivity index (χ1) is 10.2. The number of nitrogens with two attached hydrogens (primary N) is 1. The van der Waals surface area contributed by atoms with Crippen LogP contribution in [0.2, 0.25) is 0 Å². The van der Waals surface area contributed by atoms with Gasteiger partial charge in [0.15, 0.2) is 0 Å². The van der Waals surface area contributed by atoms with Crippen LogP contribution in [0.15, 0.2) is 28.7 Å². The van der Waals surface area contributed by atoms with E-state index in [9.17, 15) is 0 Å². The van der Waals surface area contributed by atoms with Crippen molar-refractivity contribution in [3.63, 3.8) is 0 Å². The summed E-state index contributed by atoms with van der Waals surface area (Å²) in [6.07, 6.45) is 5.17. The largest absolute Gasteiger partial charge is 0.324 e. The predicted octanol–water partition coefficient (Wildman–Crippen LogP) is 3.01. The zero-order valence-electron chi connectivity index (χ0n) is 12.7. The van der Waals surface area contributed by atoms with Gasteiger partial charge in [0, 0.05) is 29.6 Å². The number of rotatable bonds is 5. The molecule has 2 heterocycles. The summed E-state index contributed by atoms with van der Waals surface area (Å²) in [4.78, 5) is 5.29. The monoisotopic (exact) mass is 351 g/mol. The van der Waals surface area contributed by atoms with Crippen LogP contribution in [-0.2, 0) is 0 Å². The number of benzene rings is 1. The molecule has 2 N–H and O–H groups in total. The Hall–Kier alpha value is -0.420. The summed E-state index contributed by atoms with van der Waals surface area (Å²) >= 11 is 3.52. The smallest absolute Gasteiger partial charge is 0.0307 e. The number of nitrogens with zero attached hydrogens (tertiary/aromatic N) is 2. The molecule has 3 rings (SSSR count). The van der Waals surface area contributed by atoms with Gasteiger partial charge in [0.2, 0.25) is 0 Å².